The number of nitrogens with zero attached hydrogens (tertiary/aromatic N) is 1. The maximum atomic E-state index is 12.7. The van der Waals surface area contributed by atoms with E-state index in [0.717, 1.165) is 20.9 Å². The highest BCUT2D eigenvalue weighted by Crippen LogP contribution is 2.30. The Morgan fingerprint density at radius 3 is 2.58 bits per heavy atom. The molecule has 33 heavy (non-hydrogen) atoms. The Bertz CT molecular complexity index is 1310. The van der Waals surface area contributed by atoms with Crippen molar-refractivity contribution in [3.05, 3.63) is 77.3 Å². The summed E-state index contributed by atoms with van der Waals surface area (Å²) in [7, 11) is 1.61. The van der Waals surface area contributed by atoms with Gasteiger partial charge in [-0.05, 0) is 67.6 Å². The van der Waals surface area contributed by atoms with Crippen LogP contribution in [0.2, 0.25) is 5.02 Å². The van der Waals surface area contributed by atoms with E-state index in [4.69, 9.17) is 16.3 Å². The average Bonchev–Trinajstić information content (AvgIpc) is 3.21. The van der Waals surface area contributed by atoms with Gasteiger partial charge < -0.3 is 15.4 Å². The number of hydrogen-bond acceptors (Lipinski definition) is 6. The van der Waals surface area contributed by atoms with Crippen LogP contribution in [0.3, 0.4) is 0 Å². The molecule has 0 radical (unpaired) electrons. The van der Waals surface area contributed by atoms with Gasteiger partial charge in [-0.2, -0.15) is 0 Å². The molecule has 0 fully saturated rings. The number of ether oxygens (including phenoxy) is 1. The fraction of sp³-hybridized carbons (Fsp3) is 0.125. The molecule has 0 aliphatic heterocycles. The van der Waals surface area contributed by atoms with Crippen LogP contribution in [0.25, 0.3) is 10.2 Å². The molecule has 1 heterocycles. The standard InChI is InChI=1S/C24H20ClN3O3S2/c1-14(22(29)28-24-27-20-11-8-18(31-2)13-21(20)33-24)32-19-9-6-17(7-10-19)26-23(30)15-4-3-5-16(25)12-15/h3-14H,1-2H3,(H,26,30)(H,27,28,29). The zero-order chi connectivity index (χ0) is 23.4. The number of carbonyl (C=O) groups excluding carboxylic acids is 2. The van der Waals surface area contributed by atoms with Crippen molar-refractivity contribution in [1.82, 2.24) is 4.98 Å². The lowest BCUT2D eigenvalue weighted by Gasteiger charge is -2.11. The molecule has 0 spiro atoms. The molecule has 0 bridgehead atoms. The van der Waals surface area contributed by atoms with Crippen molar-refractivity contribution in [3.63, 3.8) is 0 Å². The van der Waals surface area contributed by atoms with Gasteiger partial charge in [0.2, 0.25) is 5.91 Å². The predicted octanol–water partition coefficient (Wildman–Crippen LogP) is 6.33. The summed E-state index contributed by atoms with van der Waals surface area (Å²) in [5.74, 6) is 0.378. The summed E-state index contributed by atoms with van der Waals surface area (Å²) < 4.78 is 6.18. The van der Waals surface area contributed by atoms with Crippen molar-refractivity contribution in [2.24, 2.45) is 0 Å². The lowest BCUT2D eigenvalue weighted by molar-refractivity contribution is -0.115. The van der Waals surface area contributed by atoms with Crippen LogP contribution < -0.4 is 15.4 Å². The third kappa shape index (κ3) is 5.84. The topological polar surface area (TPSA) is 80.3 Å². The number of benzene rings is 3. The summed E-state index contributed by atoms with van der Waals surface area (Å²) in [4.78, 5) is 30.4. The van der Waals surface area contributed by atoms with Crippen molar-refractivity contribution in [2.45, 2.75) is 17.1 Å². The lowest BCUT2D eigenvalue weighted by atomic mass is 10.2. The van der Waals surface area contributed by atoms with Gasteiger partial charge in [-0.25, -0.2) is 4.98 Å². The maximum absolute atomic E-state index is 12.7. The first kappa shape index (κ1) is 23.1. The Morgan fingerprint density at radius 1 is 1.06 bits per heavy atom. The number of aromatic nitrogens is 1. The van der Waals surface area contributed by atoms with Crippen molar-refractivity contribution in [2.75, 3.05) is 17.7 Å². The van der Waals surface area contributed by atoms with Gasteiger partial charge >= 0.3 is 0 Å². The molecule has 2 N–H and O–H groups in total. The smallest absolute Gasteiger partial charge is 0.255 e. The third-order valence-electron chi connectivity index (χ3n) is 4.71. The van der Waals surface area contributed by atoms with Gasteiger partial charge in [0.1, 0.15) is 5.75 Å². The number of thioether (sulfide) groups is 1. The fourth-order valence-electron chi connectivity index (χ4n) is 3.00. The van der Waals surface area contributed by atoms with Crippen molar-refractivity contribution in [1.29, 1.82) is 0 Å². The molecule has 3 aromatic carbocycles. The molecule has 0 aliphatic carbocycles. The Morgan fingerprint density at radius 2 is 1.85 bits per heavy atom. The molecule has 0 saturated heterocycles. The summed E-state index contributed by atoms with van der Waals surface area (Å²) in [6.45, 7) is 1.84. The molecule has 168 valence electrons. The van der Waals surface area contributed by atoms with E-state index in [2.05, 4.69) is 15.6 Å². The van der Waals surface area contributed by atoms with Crippen LogP contribution in [0.4, 0.5) is 10.8 Å². The Kier molecular flexibility index (Phi) is 7.17. The minimum atomic E-state index is -0.335. The van der Waals surface area contributed by atoms with E-state index in [1.807, 2.05) is 37.3 Å². The van der Waals surface area contributed by atoms with Gasteiger partial charge in [0.05, 0.1) is 22.6 Å². The van der Waals surface area contributed by atoms with Gasteiger partial charge in [0.25, 0.3) is 5.91 Å². The van der Waals surface area contributed by atoms with Gasteiger partial charge in [0, 0.05) is 21.2 Å². The predicted molar refractivity (Wildman–Crippen MR) is 136 cm³/mol. The first-order valence-corrected chi connectivity index (χ1v) is 12.1. The largest absolute Gasteiger partial charge is 0.497 e. The number of anilines is 2. The van der Waals surface area contributed by atoms with Gasteiger partial charge in [-0.1, -0.05) is 29.0 Å². The lowest BCUT2D eigenvalue weighted by Crippen LogP contribution is -2.22. The molecule has 1 atom stereocenters. The molecule has 9 heteroatoms. The van der Waals surface area contributed by atoms with E-state index in [9.17, 15) is 9.59 Å². The SMILES string of the molecule is COc1ccc2nc(NC(=O)C(C)Sc3ccc(NC(=O)c4cccc(Cl)c4)cc3)sc2c1. The minimum Gasteiger partial charge on any atom is -0.497 e. The molecule has 4 aromatic rings. The summed E-state index contributed by atoms with van der Waals surface area (Å²) in [6, 6.07) is 19.7. The van der Waals surface area contributed by atoms with E-state index < -0.39 is 0 Å². The second kappa shape index (κ2) is 10.2. The highest BCUT2D eigenvalue weighted by Gasteiger charge is 2.17. The molecule has 2 amide bonds. The van der Waals surface area contributed by atoms with E-state index in [0.29, 0.717) is 21.4 Å². The van der Waals surface area contributed by atoms with Crippen molar-refractivity contribution >= 4 is 67.5 Å². The molecule has 0 saturated carbocycles. The van der Waals surface area contributed by atoms with E-state index >= 15 is 0 Å². The summed E-state index contributed by atoms with van der Waals surface area (Å²) in [5.41, 5.74) is 1.96. The Balaban J connectivity index is 1.34. The van der Waals surface area contributed by atoms with Gasteiger partial charge in [-0.3, -0.25) is 9.59 Å². The van der Waals surface area contributed by atoms with Crippen molar-refractivity contribution < 1.29 is 14.3 Å². The zero-order valence-electron chi connectivity index (χ0n) is 17.8. The van der Waals surface area contributed by atoms with Crippen LogP contribution in [0.15, 0.2) is 71.6 Å². The maximum Gasteiger partial charge on any atom is 0.255 e. The van der Waals surface area contributed by atoms with Crippen molar-refractivity contribution in [3.8, 4) is 5.75 Å². The highest BCUT2D eigenvalue weighted by molar-refractivity contribution is 8.00. The van der Waals surface area contributed by atoms with Crippen LogP contribution in [-0.2, 0) is 4.79 Å². The summed E-state index contributed by atoms with van der Waals surface area (Å²) in [6.07, 6.45) is 0. The number of methoxy groups -OCH3 is 1. The number of amides is 2. The summed E-state index contributed by atoms with van der Waals surface area (Å²) >= 11 is 8.78. The number of thiazole rings is 1. The number of halogens is 1. The van der Waals surface area contributed by atoms with Crippen LogP contribution in [0.5, 0.6) is 5.75 Å². The van der Waals surface area contributed by atoms with Gasteiger partial charge in [-0.15, -0.1) is 11.8 Å². The number of rotatable bonds is 7. The number of nitrogens with one attached hydrogen (secondary N) is 2. The van der Waals surface area contributed by atoms with Crippen LogP contribution >= 0.6 is 34.7 Å². The first-order valence-electron chi connectivity index (χ1n) is 10.0. The summed E-state index contributed by atoms with van der Waals surface area (Å²) in [5, 5.41) is 6.45. The zero-order valence-corrected chi connectivity index (χ0v) is 20.2. The van der Waals surface area contributed by atoms with Crippen LogP contribution in [0, 0.1) is 0 Å². The quantitative estimate of drug-likeness (QED) is 0.291. The second-order valence-corrected chi connectivity index (χ2v) is 9.97. The third-order valence-corrected chi connectivity index (χ3v) is 6.99. The highest BCUT2D eigenvalue weighted by atomic mass is 35.5. The van der Waals surface area contributed by atoms with Gasteiger partial charge in [0.15, 0.2) is 5.13 Å². The molecular weight excluding hydrogens is 478 g/mol. The fourth-order valence-corrected chi connectivity index (χ4v) is 4.95. The molecule has 0 aliphatic rings. The Labute approximate surface area is 204 Å². The monoisotopic (exact) mass is 497 g/mol. The van der Waals surface area contributed by atoms with E-state index in [-0.39, 0.29) is 17.1 Å². The van der Waals surface area contributed by atoms with E-state index in [1.54, 1.807) is 43.5 Å². The Hall–Kier alpha value is -3.07. The molecule has 4 rings (SSSR count). The minimum absolute atomic E-state index is 0.135. The van der Waals surface area contributed by atoms with Crippen LogP contribution in [0.1, 0.15) is 17.3 Å². The molecule has 6 nitrogen and oxygen atoms in total. The number of fused-ring (bicyclic) bond motifs is 1. The molecule has 1 aromatic heterocycles. The first-order chi connectivity index (χ1) is 15.9. The van der Waals surface area contributed by atoms with Crippen LogP contribution in [-0.4, -0.2) is 29.2 Å². The number of hydrogen-bond donors (Lipinski definition) is 2. The van der Waals surface area contributed by atoms with E-state index in [1.165, 1.54) is 23.1 Å². The number of carbonyl (C=O) groups is 2. The molecule has 1 unspecified atom stereocenters. The normalized spacial score (nSPS) is 11.7. The molecular formula is C24H20ClN3O3S2. The average molecular weight is 498 g/mol. The second-order valence-electron chi connectivity index (χ2n) is 7.09.